The summed E-state index contributed by atoms with van der Waals surface area (Å²) in [5, 5.41) is 15.7. The van der Waals surface area contributed by atoms with E-state index >= 15 is 0 Å². The van der Waals surface area contributed by atoms with Crippen LogP contribution in [0.25, 0.3) is 0 Å². The summed E-state index contributed by atoms with van der Waals surface area (Å²) in [5.74, 6) is -2.37. The first kappa shape index (κ1) is 22.8. The number of anilines is 1. The fraction of sp³-hybridized carbons (Fsp3) is 0.261. The van der Waals surface area contributed by atoms with Gasteiger partial charge in [0, 0.05) is 25.0 Å². The molecular formula is C23H19F3N4O2S. The number of hydrogen-bond donors (Lipinski definition) is 2. The van der Waals surface area contributed by atoms with Crippen LogP contribution in [0.3, 0.4) is 0 Å². The van der Waals surface area contributed by atoms with Crippen LogP contribution in [-0.4, -0.2) is 39.0 Å². The van der Waals surface area contributed by atoms with E-state index in [9.17, 15) is 23.1 Å². The Hall–Kier alpha value is -3.42. The van der Waals surface area contributed by atoms with Crippen molar-refractivity contribution in [3.63, 3.8) is 0 Å². The SMILES string of the molecule is C#Cc1nc(NC(=O)N(C)[C@H](c2ccc(F)c(C3CC3(F)F)c2)C(O)c2ccccn2)cs1. The van der Waals surface area contributed by atoms with Gasteiger partial charge in [0.1, 0.15) is 17.7 Å². The minimum atomic E-state index is -2.98. The first-order chi connectivity index (χ1) is 15.7. The van der Waals surface area contributed by atoms with Crippen LogP contribution in [0.5, 0.6) is 0 Å². The first-order valence-electron chi connectivity index (χ1n) is 9.93. The molecule has 0 saturated heterocycles. The minimum Gasteiger partial charge on any atom is -0.384 e. The number of thiazole rings is 1. The number of aliphatic hydroxyl groups is 1. The largest absolute Gasteiger partial charge is 0.384 e. The fourth-order valence-electron chi connectivity index (χ4n) is 3.62. The second-order valence-electron chi connectivity index (χ2n) is 7.67. The van der Waals surface area contributed by atoms with Crippen LogP contribution in [-0.2, 0) is 0 Å². The lowest BCUT2D eigenvalue weighted by atomic mass is 9.94. The van der Waals surface area contributed by atoms with Crippen molar-refractivity contribution in [3.8, 4) is 12.3 Å². The van der Waals surface area contributed by atoms with E-state index in [4.69, 9.17) is 6.42 Å². The highest BCUT2D eigenvalue weighted by Gasteiger charge is 2.58. The zero-order chi connectivity index (χ0) is 23.8. The summed E-state index contributed by atoms with van der Waals surface area (Å²) in [6.45, 7) is 0. The Kier molecular flexibility index (Phi) is 6.10. The molecule has 2 heterocycles. The van der Waals surface area contributed by atoms with Crippen molar-refractivity contribution in [2.45, 2.75) is 30.4 Å². The Morgan fingerprint density at radius 3 is 2.76 bits per heavy atom. The van der Waals surface area contributed by atoms with Gasteiger partial charge in [-0.3, -0.25) is 10.3 Å². The Morgan fingerprint density at radius 2 is 2.15 bits per heavy atom. The molecular weight excluding hydrogens is 453 g/mol. The molecule has 1 aliphatic rings. The third-order valence-corrected chi connectivity index (χ3v) is 6.23. The molecule has 3 aromatic rings. The van der Waals surface area contributed by atoms with Gasteiger partial charge in [-0.05, 0) is 35.2 Å². The number of aromatic nitrogens is 2. The van der Waals surface area contributed by atoms with Gasteiger partial charge in [-0.15, -0.1) is 17.8 Å². The molecule has 2 amide bonds. The topological polar surface area (TPSA) is 78.4 Å². The maximum atomic E-state index is 14.3. The van der Waals surface area contributed by atoms with Gasteiger partial charge in [0.15, 0.2) is 5.01 Å². The van der Waals surface area contributed by atoms with Gasteiger partial charge in [-0.1, -0.05) is 18.2 Å². The number of alkyl halides is 2. The molecule has 0 radical (unpaired) electrons. The summed E-state index contributed by atoms with van der Waals surface area (Å²) in [4.78, 5) is 22.4. The molecule has 1 fully saturated rings. The van der Waals surface area contributed by atoms with Crippen LogP contribution in [0.1, 0.15) is 46.3 Å². The van der Waals surface area contributed by atoms with Crippen LogP contribution in [0.4, 0.5) is 23.8 Å². The number of nitrogens with one attached hydrogen (secondary N) is 1. The summed E-state index contributed by atoms with van der Waals surface area (Å²) in [7, 11) is 1.43. The predicted octanol–water partition coefficient (Wildman–Crippen LogP) is 4.72. The quantitative estimate of drug-likeness (QED) is 0.509. The second kappa shape index (κ2) is 8.84. The van der Waals surface area contributed by atoms with Crippen LogP contribution in [0.2, 0.25) is 0 Å². The molecule has 2 N–H and O–H groups in total. The highest BCUT2D eigenvalue weighted by molar-refractivity contribution is 7.10. The molecule has 33 heavy (non-hydrogen) atoms. The lowest BCUT2D eigenvalue weighted by molar-refractivity contribution is 0.0766. The first-order valence-corrected chi connectivity index (χ1v) is 10.8. The number of terminal acetylenes is 1. The van der Waals surface area contributed by atoms with Gasteiger partial charge in [0.05, 0.1) is 17.7 Å². The van der Waals surface area contributed by atoms with Gasteiger partial charge < -0.3 is 10.0 Å². The molecule has 1 saturated carbocycles. The van der Waals surface area contributed by atoms with E-state index in [0.29, 0.717) is 5.01 Å². The lowest BCUT2D eigenvalue weighted by Crippen LogP contribution is -2.38. The molecule has 4 rings (SSSR count). The Labute approximate surface area is 192 Å². The fourth-order valence-corrected chi connectivity index (χ4v) is 4.17. The zero-order valence-electron chi connectivity index (χ0n) is 17.4. The van der Waals surface area contributed by atoms with Crippen molar-refractivity contribution in [1.82, 2.24) is 14.9 Å². The molecule has 1 aliphatic carbocycles. The van der Waals surface area contributed by atoms with Gasteiger partial charge in [-0.25, -0.2) is 22.9 Å². The van der Waals surface area contributed by atoms with E-state index in [2.05, 4.69) is 21.2 Å². The maximum absolute atomic E-state index is 14.3. The number of nitrogens with zero attached hydrogens (tertiary/aromatic N) is 3. The average Bonchev–Trinajstić information content (AvgIpc) is 3.21. The monoisotopic (exact) mass is 472 g/mol. The smallest absolute Gasteiger partial charge is 0.323 e. The zero-order valence-corrected chi connectivity index (χ0v) is 18.2. The third kappa shape index (κ3) is 4.69. The van der Waals surface area contributed by atoms with Crippen molar-refractivity contribution < 1.29 is 23.1 Å². The molecule has 2 aromatic heterocycles. The number of carbonyl (C=O) groups is 1. The predicted molar refractivity (Wildman–Crippen MR) is 117 cm³/mol. The molecule has 3 atom stereocenters. The average molecular weight is 472 g/mol. The number of benzene rings is 1. The summed E-state index contributed by atoms with van der Waals surface area (Å²) in [5.41, 5.74) is 0.392. The molecule has 2 unspecified atom stereocenters. The van der Waals surface area contributed by atoms with E-state index in [1.165, 1.54) is 41.6 Å². The highest BCUT2D eigenvalue weighted by Crippen LogP contribution is 2.56. The van der Waals surface area contributed by atoms with Crippen molar-refractivity contribution in [2.75, 3.05) is 12.4 Å². The summed E-state index contributed by atoms with van der Waals surface area (Å²) in [6, 6.07) is 6.92. The summed E-state index contributed by atoms with van der Waals surface area (Å²) in [6.07, 6.45) is 5.02. The second-order valence-corrected chi connectivity index (χ2v) is 8.52. The van der Waals surface area contributed by atoms with E-state index in [1.807, 2.05) is 0 Å². The van der Waals surface area contributed by atoms with E-state index in [0.717, 1.165) is 6.07 Å². The highest BCUT2D eigenvalue weighted by atomic mass is 32.1. The number of aliphatic hydroxyl groups excluding tert-OH is 1. The van der Waals surface area contributed by atoms with Crippen molar-refractivity contribution in [1.29, 1.82) is 0 Å². The summed E-state index contributed by atoms with van der Waals surface area (Å²) >= 11 is 1.17. The van der Waals surface area contributed by atoms with E-state index in [-0.39, 0.29) is 22.6 Å². The Morgan fingerprint density at radius 1 is 1.39 bits per heavy atom. The molecule has 10 heteroatoms. The Bertz CT molecular complexity index is 1210. The molecule has 170 valence electrons. The number of rotatable bonds is 6. The molecule has 0 aliphatic heterocycles. The molecule has 6 nitrogen and oxygen atoms in total. The number of carbonyl (C=O) groups excluding carboxylic acids is 1. The summed E-state index contributed by atoms with van der Waals surface area (Å²) < 4.78 is 41.7. The number of pyridine rings is 1. The van der Waals surface area contributed by atoms with Gasteiger partial charge >= 0.3 is 6.03 Å². The van der Waals surface area contributed by atoms with Gasteiger partial charge in [-0.2, -0.15) is 0 Å². The molecule has 1 aromatic carbocycles. The number of amides is 2. The molecule has 0 spiro atoms. The number of urea groups is 1. The van der Waals surface area contributed by atoms with Gasteiger partial charge in [0.2, 0.25) is 0 Å². The van der Waals surface area contributed by atoms with Crippen LogP contribution < -0.4 is 5.32 Å². The minimum absolute atomic E-state index is 0.150. The van der Waals surface area contributed by atoms with Crippen molar-refractivity contribution in [3.05, 3.63) is 75.6 Å². The van der Waals surface area contributed by atoms with E-state index < -0.39 is 42.3 Å². The van der Waals surface area contributed by atoms with Crippen LogP contribution >= 0.6 is 11.3 Å². The number of likely N-dealkylation sites (N-methyl/N-ethyl adjacent to an activating group) is 1. The van der Waals surface area contributed by atoms with Crippen molar-refractivity contribution in [2.24, 2.45) is 0 Å². The van der Waals surface area contributed by atoms with Crippen molar-refractivity contribution >= 4 is 23.2 Å². The lowest BCUT2D eigenvalue weighted by Gasteiger charge is -2.32. The Balaban J connectivity index is 1.69. The van der Waals surface area contributed by atoms with Gasteiger partial charge in [0.25, 0.3) is 5.92 Å². The standard InChI is InChI=1S/C23H19F3N4O2S/c1-3-19-28-18(12-33-19)29-22(32)30(2)20(21(31)17-6-4-5-9-27-17)13-7-8-16(24)14(10-13)15-11-23(15,25)26/h1,4-10,12,15,20-21,31H,11H2,2H3,(H,29,32)/t15?,20-,21?/m1/s1. The maximum Gasteiger partial charge on any atom is 0.323 e. The van der Waals surface area contributed by atoms with Crippen LogP contribution in [0, 0.1) is 18.2 Å². The number of halogens is 3. The normalized spacial score (nSPS) is 18.1. The third-order valence-electron chi connectivity index (χ3n) is 5.45. The number of hydrogen-bond acceptors (Lipinski definition) is 5. The van der Waals surface area contributed by atoms with E-state index in [1.54, 1.807) is 23.6 Å². The molecule has 0 bridgehead atoms. The van der Waals surface area contributed by atoms with Crippen LogP contribution in [0.15, 0.2) is 48.0 Å².